The third kappa shape index (κ3) is 3.49. The summed E-state index contributed by atoms with van der Waals surface area (Å²) in [7, 11) is 1.79. The predicted molar refractivity (Wildman–Crippen MR) is 90.8 cm³/mol. The number of carbonyl (C=O) groups excluding carboxylic acids is 1. The number of nitrogens with zero attached hydrogens (tertiary/aromatic N) is 3. The van der Waals surface area contributed by atoms with Crippen LogP contribution in [0.4, 0.5) is 30.4 Å². The zero-order chi connectivity index (χ0) is 18.7. The van der Waals surface area contributed by atoms with Gasteiger partial charge in [0.2, 0.25) is 0 Å². The fourth-order valence-corrected chi connectivity index (χ4v) is 2.22. The fraction of sp³-hybridized carbons (Fsp3) is 0.0556. The van der Waals surface area contributed by atoms with Crippen LogP contribution in [-0.4, -0.2) is 23.2 Å². The monoisotopic (exact) mass is 358 g/mol. The molecule has 3 rings (SSSR count). The highest BCUT2D eigenvalue weighted by Gasteiger charge is 2.17. The van der Waals surface area contributed by atoms with Crippen molar-refractivity contribution < 1.29 is 18.0 Å². The van der Waals surface area contributed by atoms with E-state index in [0.29, 0.717) is 5.82 Å². The zero-order valence-electron chi connectivity index (χ0n) is 13.6. The van der Waals surface area contributed by atoms with E-state index in [-0.39, 0.29) is 5.69 Å². The highest BCUT2D eigenvalue weighted by molar-refractivity contribution is 6.02. The molecule has 0 spiro atoms. The summed E-state index contributed by atoms with van der Waals surface area (Å²) in [5, 5.41) is 9.89. The number of hydrogen-bond acceptors (Lipinski definition) is 4. The molecule has 0 bridgehead atoms. The van der Waals surface area contributed by atoms with E-state index < -0.39 is 29.0 Å². The van der Waals surface area contributed by atoms with Gasteiger partial charge in [-0.05, 0) is 36.4 Å². The molecule has 1 amide bonds. The maximum atomic E-state index is 13.6. The molecular weight excluding hydrogens is 345 g/mol. The van der Waals surface area contributed by atoms with Gasteiger partial charge in [-0.2, -0.15) is 0 Å². The van der Waals surface area contributed by atoms with E-state index >= 15 is 0 Å². The third-order valence-electron chi connectivity index (χ3n) is 3.65. The Hall–Kier alpha value is -3.42. The first-order chi connectivity index (χ1) is 12.5. The van der Waals surface area contributed by atoms with Crippen LogP contribution in [0, 0.1) is 17.5 Å². The molecule has 0 atom stereocenters. The standard InChI is InChI=1S/C18H13F3N4O/c1-25(11-5-3-2-4-6-11)15-10-9-14(23-24-15)18(26)22-13-8-7-12(19)16(20)17(13)21/h2-10H,1H3,(H,22,26). The summed E-state index contributed by atoms with van der Waals surface area (Å²) in [6.07, 6.45) is 0. The molecule has 5 nitrogen and oxygen atoms in total. The number of carbonyl (C=O) groups is 1. The van der Waals surface area contributed by atoms with Gasteiger partial charge in [-0.25, -0.2) is 13.2 Å². The van der Waals surface area contributed by atoms with Crippen LogP contribution in [0.3, 0.4) is 0 Å². The van der Waals surface area contributed by atoms with Gasteiger partial charge in [0.1, 0.15) is 0 Å². The van der Waals surface area contributed by atoms with Crippen molar-refractivity contribution in [3.8, 4) is 0 Å². The Bertz CT molecular complexity index is 933. The minimum absolute atomic E-state index is 0.0978. The zero-order valence-corrected chi connectivity index (χ0v) is 13.6. The molecule has 132 valence electrons. The summed E-state index contributed by atoms with van der Waals surface area (Å²) in [6, 6.07) is 14.0. The third-order valence-corrected chi connectivity index (χ3v) is 3.65. The number of hydrogen-bond donors (Lipinski definition) is 1. The molecule has 0 aliphatic heterocycles. The van der Waals surface area contributed by atoms with Gasteiger partial charge in [-0.3, -0.25) is 4.79 Å². The quantitative estimate of drug-likeness (QED) is 0.719. The van der Waals surface area contributed by atoms with Crippen molar-refractivity contribution in [3.63, 3.8) is 0 Å². The normalized spacial score (nSPS) is 10.5. The van der Waals surface area contributed by atoms with Gasteiger partial charge in [-0.15, -0.1) is 10.2 Å². The molecule has 26 heavy (non-hydrogen) atoms. The largest absolute Gasteiger partial charge is 0.328 e. The summed E-state index contributed by atoms with van der Waals surface area (Å²) < 4.78 is 39.8. The minimum Gasteiger partial charge on any atom is -0.328 e. The van der Waals surface area contributed by atoms with Gasteiger partial charge in [0.25, 0.3) is 5.91 Å². The Kier molecular flexibility index (Phi) is 4.83. The molecule has 8 heteroatoms. The molecule has 0 aliphatic rings. The lowest BCUT2D eigenvalue weighted by molar-refractivity contribution is 0.102. The fourth-order valence-electron chi connectivity index (χ4n) is 2.22. The summed E-state index contributed by atoms with van der Waals surface area (Å²) >= 11 is 0. The molecule has 0 saturated carbocycles. The van der Waals surface area contributed by atoms with Crippen molar-refractivity contribution in [1.29, 1.82) is 0 Å². The van der Waals surface area contributed by atoms with Crippen LogP contribution in [0.25, 0.3) is 0 Å². The molecule has 2 aromatic carbocycles. The van der Waals surface area contributed by atoms with Crippen molar-refractivity contribution in [2.24, 2.45) is 0 Å². The van der Waals surface area contributed by atoms with Gasteiger partial charge < -0.3 is 10.2 Å². The summed E-state index contributed by atoms with van der Waals surface area (Å²) in [4.78, 5) is 13.9. The second kappa shape index (κ2) is 7.22. The van der Waals surface area contributed by atoms with E-state index in [1.165, 1.54) is 6.07 Å². The molecule has 1 heterocycles. The second-order valence-corrected chi connectivity index (χ2v) is 5.35. The molecular formula is C18H13F3N4O. The summed E-state index contributed by atoms with van der Waals surface area (Å²) in [5.74, 6) is -4.78. The average Bonchev–Trinajstić information content (AvgIpc) is 2.68. The van der Waals surface area contributed by atoms with Gasteiger partial charge in [0, 0.05) is 12.7 Å². The van der Waals surface area contributed by atoms with Crippen LogP contribution in [0.5, 0.6) is 0 Å². The number of aromatic nitrogens is 2. The number of benzene rings is 2. The Balaban J connectivity index is 1.76. The van der Waals surface area contributed by atoms with Gasteiger partial charge >= 0.3 is 0 Å². The van der Waals surface area contributed by atoms with Crippen LogP contribution < -0.4 is 10.2 Å². The van der Waals surface area contributed by atoms with Crippen LogP contribution in [-0.2, 0) is 0 Å². The van der Waals surface area contributed by atoms with Crippen molar-refractivity contribution in [2.45, 2.75) is 0 Å². The predicted octanol–water partition coefficient (Wildman–Crippen LogP) is 3.91. The molecule has 0 fully saturated rings. The molecule has 1 N–H and O–H groups in total. The van der Waals surface area contributed by atoms with Crippen LogP contribution in [0.1, 0.15) is 10.5 Å². The SMILES string of the molecule is CN(c1ccccc1)c1ccc(C(=O)Nc2ccc(F)c(F)c2F)nn1. The second-order valence-electron chi connectivity index (χ2n) is 5.35. The highest BCUT2D eigenvalue weighted by atomic mass is 19.2. The van der Waals surface area contributed by atoms with Crippen LogP contribution in [0.15, 0.2) is 54.6 Å². The summed E-state index contributed by atoms with van der Waals surface area (Å²) in [5.41, 5.74) is 0.295. The minimum atomic E-state index is -1.66. The number of halogens is 3. The van der Waals surface area contributed by atoms with Crippen molar-refractivity contribution in [3.05, 3.63) is 77.7 Å². The Morgan fingerprint density at radius 2 is 1.65 bits per heavy atom. The molecule has 0 aliphatic carbocycles. The first kappa shape index (κ1) is 17.4. The van der Waals surface area contributed by atoms with E-state index in [1.807, 2.05) is 30.3 Å². The van der Waals surface area contributed by atoms with Gasteiger partial charge in [0.15, 0.2) is 29.0 Å². The Morgan fingerprint density at radius 1 is 0.923 bits per heavy atom. The smallest absolute Gasteiger partial charge is 0.276 e. The molecule has 1 aromatic heterocycles. The van der Waals surface area contributed by atoms with Crippen LogP contribution in [0.2, 0.25) is 0 Å². The number of anilines is 3. The highest BCUT2D eigenvalue weighted by Crippen LogP contribution is 2.22. The molecule has 0 radical (unpaired) electrons. The maximum absolute atomic E-state index is 13.6. The van der Waals surface area contributed by atoms with E-state index in [2.05, 4.69) is 15.5 Å². The maximum Gasteiger partial charge on any atom is 0.276 e. The number of amides is 1. The number of para-hydroxylation sites is 1. The molecule has 0 unspecified atom stereocenters. The average molecular weight is 358 g/mol. The van der Waals surface area contributed by atoms with Crippen molar-refractivity contribution in [2.75, 3.05) is 17.3 Å². The van der Waals surface area contributed by atoms with Crippen molar-refractivity contribution >= 4 is 23.1 Å². The summed E-state index contributed by atoms with van der Waals surface area (Å²) in [6.45, 7) is 0. The lowest BCUT2D eigenvalue weighted by Crippen LogP contribution is -2.17. The lowest BCUT2D eigenvalue weighted by Gasteiger charge is -2.17. The lowest BCUT2D eigenvalue weighted by atomic mass is 10.2. The number of nitrogens with one attached hydrogen (secondary N) is 1. The molecule has 3 aromatic rings. The van der Waals surface area contributed by atoms with E-state index in [4.69, 9.17) is 0 Å². The van der Waals surface area contributed by atoms with Gasteiger partial charge in [-0.1, -0.05) is 18.2 Å². The first-order valence-electron chi connectivity index (χ1n) is 7.54. The van der Waals surface area contributed by atoms with E-state index in [0.717, 1.165) is 17.8 Å². The van der Waals surface area contributed by atoms with Gasteiger partial charge in [0.05, 0.1) is 5.69 Å². The van der Waals surface area contributed by atoms with E-state index in [9.17, 15) is 18.0 Å². The topological polar surface area (TPSA) is 58.1 Å². The Morgan fingerprint density at radius 3 is 2.31 bits per heavy atom. The number of rotatable bonds is 4. The van der Waals surface area contributed by atoms with E-state index in [1.54, 1.807) is 18.0 Å². The first-order valence-corrected chi connectivity index (χ1v) is 7.54. The Labute approximate surface area is 147 Å². The van der Waals surface area contributed by atoms with Crippen molar-refractivity contribution in [1.82, 2.24) is 10.2 Å². The molecule has 0 saturated heterocycles. The van der Waals surface area contributed by atoms with Crippen LogP contribution >= 0.6 is 0 Å².